The van der Waals surface area contributed by atoms with E-state index in [9.17, 15) is 5.11 Å². The van der Waals surface area contributed by atoms with Crippen molar-refractivity contribution in [1.82, 2.24) is 5.32 Å². The third-order valence-electron chi connectivity index (χ3n) is 4.11. The lowest BCUT2D eigenvalue weighted by Gasteiger charge is -2.34. The molecule has 1 fully saturated rings. The zero-order valence-electron chi connectivity index (χ0n) is 12.5. The molecule has 0 aliphatic heterocycles. The van der Waals surface area contributed by atoms with Crippen LogP contribution in [0.25, 0.3) is 0 Å². The van der Waals surface area contributed by atoms with E-state index in [2.05, 4.69) is 26.1 Å². The van der Waals surface area contributed by atoms with Crippen LogP contribution in [0.5, 0.6) is 0 Å². The van der Waals surface area contributed by atoms with Crippen LogP contribution in [0.15, 0.2) is 0 Å². The first kappa shape index (κ1) is 15.9. The zero-order valence-corrected chi connectivity index (χ0v) is 12.5. The Balaban J connectivity index is 2.22. The van der Waals surface area contributed by atoms with Gasteiger partial charge in [-0.1, -0.05) is 20.8 Å². The molecule has 1 rings (SSSR count). The summed E-state index contributed by atoms with van der Waals surface area (Å²) in [5.41, 5.74) is -0.749. The van der Waals surface area contributed by atoms with Crippen molar-refractivity contribution >= 4 is 0 Å². The fourth-order valence-corrected chi connectivity index (χ4v) is 2.53. The number of hydrogen-bond acceptors (Lipinski definition) is 3. The second kappa shape index (κ2) is 7.46. The first-order valence-electron chi connectivity index (χ1n) is 7.49. The molecule has 0 aromatic heterocycles. The van der Waals surface area contributed by atoms with Crippen LogP contribution in [0.3, 0.4) is 0 Å². The first-order valence-corrected chi connectivity index (χ1v) is 7.49. The molecular weight excluding hydrogens is 226 g/mol. The molecule has 1 aliphatic carbocycles. The summed E-state index contributed by atoms with van der Waals surface area (Å²) in [6.07, 6.45) is 4.97. The maximum Gasteiger partial charge on any atom is 0.0975 e. The summed E-state index contributed by atoms with van der Waals surface area (Å²) in [7, 11) is 0. The number of hydrogen-bond donors (Lipinski definition) is 2. The molecule has 3 nitrogen and oxygen atoms in total. The minimum absolute atomic E-state index is 0.342. The Labute approximate surface area is 112 Å². The van der Waals surface area contributed by atoms with Crippen LogP contribution in [-0.4, -0.2) is 36.5 Å². The van der Waals surface area contributed by atoms with E-state index in [-0.39, 0.29) is 0 Å². The highest BCUT2D eigenvalue weighted by Crippen LogP contribution is 2.31. The SMILES string of the molecule is CCCNCC(C)(O)COC1CCC(C)C(C)C1. The van der Waals surface area contributed by atoms with Crippen LogP contribution in [0.2, 0.25) is 0 Å². The Kier molecular flexibility index (Phi) is 6.61. The Morgan fingerprint density at radius 1 is 1.28 bits per heavy atom. The average molecular weight is 257 g/mol. The Bertz CT molecular complexity index is 231. The lowest BCUT2D eigenvalue weighted by molar-refractivity contribution is -0.0790. The molecule has 108 valence electrons. The molecule has 0 aromatic carbocycles. The van der Waals surface area contributed by atoms with Gasteiger partial charge in [0.2, 0.25) is 0 Å². The number of aliphatic hydroxyl groups is 1. The molecule has 4 atom stereocenters. The second-order valence-corrected chi connectivity index (χ2v) is 6.37. The number of rotatable bonds is 7. The molecule has 1 saturated carbocycles. The summed E-state index contributed by atoms with van der Waals surface area (Å²) >= 11 is 0. The predicted molar refractivity (Wildman–Crippen MR) is 75.7 cm³/mol. The van der Waals surface area contributed by atoms with Crippen molar-refractivity contribution in [3.8, 4) is 0 Å². The van der Waals surface area contributed by atoms with Gasteiger partial charge in [0, 0.05) is 6.54 Å². The molecule has 0 amide bonds. The fraction of sp³-hybridized carbons (Fsp3) is 1.00. The van der Waals surface area contributed by atoms with Gasteiger partial charge in [0.1, 0.15) is 0 Å². The van der Waals surface area contributed by atoms with Gasteiger partial charge in [-0.2, -0.15) is 0 Å². The van der Waals surface area contributed by atoms with Crippen LogP contribution < -0.4 is 5.32 Å². The summed E-state index contributed by atoms with van der Waals surface area (Å²) in [5.74, 6) is 1.56. The van der Waals surface area contributed by atoms with Gasteiger partial charge in [-0.05, 0) is 51.0 Å². The largest absolute Gasteiger partial charge is 0.386 e. The minimum Gasteiger partial charge on any atom is -0.386 e. The van der Waals surface area contributed by atoms with Gasteiger partial charge in [-0.25, -0.2) is 0 Å². The monoisotopic (exact) mass is 257 g/mol. The van der Waals surface area contributed by atoms with Gasteiger partial charge >= 0.3 is 0 Å². The van der Waals surface area contributed by atoms with Crippen molar-refractivity contribution in [3.63, 3.8) is 0 Å². The standard InChI is InChI=1S/C15H31NO2/c1-5-8-16-10-15(4,17)11-18-14-7-6-12(2)13(3)9-14/h12-14,16-17H,5-11H2,1-4H3. The zero-order chi connectivity index (χ0) is 13.6. The number of nitrogens with one attached hydrogen (secondary N) is 1. The Hall–Kier alpha value is -0.120. The molecule has 18 heavy (non-hydrogen) atoms. The topological polar surface area (TPSA) is 41.5 Å². The van der Waals surface area contributed by atoms with Gasteiger partial charge in [0.15, 0.2) is 0 Å². The van der Waals surface area contributed by atoms with Crippen molar-refractivity contribution in [2.75, 3.05) is 19.7 Å². The highest BCUT2D eigenvalue weighted by molar-refractivity contribution is 4.79. The molecule has 2 N–H and O–H groups in total. The van der Waals surface area contributed by atoms with E-state index < -0.39 is 5.60 Å². The highest BCUT2D eigenvalue weighted by atomic mass is 16.5. The van der Waals surface area contributed by atoms with E-state index in [0.29, 0.717) is 19.3 Å². The van der Waals surface area contributed by atoms with Crippen LogP contribution in [0.4, 0.5) is 0 Å². The van der Waals surface area contributed by atoms with Crippen molar-refractivity contribution in [2.45, 2.75) is 65.1 Å². The van der Waals surface area contributed by atoms with Crippen LogP contribution >= 0.6 is 0 Å². The van der Waals surface area contributed by atoms with Crippen molar-refractivity contribution < 1.29 is 9.84 Å². The summed E-state index contributed by atoms with van der Waals surface area (Å²) < 4.78 is 5.91. The molecule has 0 spiro atoms. The molecular formula is C15H31NO2. The molecule has 0 saturated heterocycles. The molecule has 0 aromatic rings. The van der Waals surface area contributed by atoms with E-state index >= 15 is 0 Å². The molecule has 0 radical (unpaired) electrons. The maximum atomic E-state index is 10.2. The Morgan fingerprint density at radius 2 is 2.00 bits per heavy atom. The average Bonchev–Trinajstić information content (AvgIpc) is 2.31. The van der Waals surface area contributed by atoms with E-state index in [0.717, 1.165) is 37.6 Å². The van der Waals surface area contributed by atoms with Crippen LogP contribution in [-0.2, 0) is 4.74 Å². The number of ether oxygens (including phenoxy) is 1. The van der Waals surface area contributed by atoms with Crippen molar-refractivity contribution in [3.05, 3.63) is 0 Å². The van der Waals surface area contributed by atoms with E-state index in [4.69, 9.17) is 4.74 Å². The van der Waals surface area contributed by atoms with Gasteiger partial charge in [0.25, 0.3) is 0 Å². The third kappa shape index (κ3) is 5.68. The van der Waals surface area contributed by atoms with E-state index in [1.165, 1.54) is 6.42 Å². The third-order valence-corrected chi connectivity index (χ3v) is 4.11. The van der Waals surface area contributed by atoms with Gasteiger partial charge in [-0.15, -0.1) is 0 Å². The smallest absolute Gasteiger partial charge is 0.0975 e. The molecule has 4 unspecified atom stereocenters. The fourth-order valence-electron chi connectivity index (χ4n) is 2.53. The molecule has 1 aliphatic rings. The molecule has 0 heterocycles. The highest BCUT2D eigenvalue weighted by Gasteiger charge is 2.27. The first-order chi connectivity index (χ1) is 8.44. The predicted octanol–water partition coefficient (Wildman–Crippen LogP) is 2.58. The minimum atomic E-state index is -0.749. The van der Waals surface area contributed by atoms with E-state index in [1.54, 1.807) is 0 Å². The lowest BCUT2D eigenvalue weighted by Crippen LogP contribution is -2.43. The molecule has 0 bridgehead atoms. The maximum absolute atomic E-state index is 10.2. The second-order valence-electron chi connectivity index (χ2n) is 6.37. The van der Waals surface area contributed by atoms with Gasteiger partial charge in [0.05, 0.1) is 18.3 Å². The summed E-state index contributed by atoms with van der Waals surface area (Å²) in [6.45, 7) is 10.6. The van der Waals surface area contributed by atoms with Gasteiger partial charge in [-0.3, -0.25) is 0 Å². The summed E-state index contributed by atoms with van der Waals surface area (Å²) in [6, 6.07) is 0. The van der Waals surface area contributed by atoms with Crippen LogP contribution in [0, 0.1) is 11.8 Å². The van der Waals surface area contributed by atoms with Crippen molar-refractivity contribution in [1.29, 1.82) is 0 Å². The molecule has 3 heteroatoms. The van der Waals surface area contributed by atoms with Crippen LogP contribution in [0.1, 0.15) is 53.4 Å². The summed E-state index contributed by atoms with van der Waals surface area (Å²) in [5, 5.41) is 13.5. The van der Waals surface area contributed by atoms with E-state index in [1.807, 2.05) is 6.92 Å². The lowest BCUT2D eigenvalue weighted by atomic mass is 9.80. The normalized spacial score (nSPS) is 32.2. The Morgan fingerprint density at radius 3 is 2.61 bits per heavy atom. The summed E-state index contributed by atoms with van der Waals surface area (Å²) in [4.78, 5) is 0. The van der Waals surface area contributed by atoms with Crippen molar-refractivity contribution in [2.24, 2.45) is 11.8 Å². The quantitative estimate of drug-likeness (QED) is 0.689. The van der Waals surface area contributed by atoms with Gasteiger partial charge < -0.3 is 15.2 Å².